The first-order valence-electron chi connectivity index (χ1n) is 9.83. The van der Waals surface area contributed by atoms with Gasteiger partial charge >= 0.3 is 11.9 Å². The molecule has 0 heterocycles. The van der Waals surface area contributed by atoms with Crippen LogP contribution in [0.2, 0.25) is 0 Å². The minimum atomic E-state index is -0.465. The van der Waals surface area contributed by atoms with Gasteiger partial charge < -0.3 is 9.47 Å². The van der Waals surface area contributed by atoms with Gasteiger partial charge in [0, 0.05) is 33.0 Å². The number of carbonyl (C=O) groups excluding carboxylic acids is 2. The summed E-state index contributed by atoms with van der Waals surface area (Å²) in [7, 11) is 0. The van der Waals surface area contributed by atoms with Crippen LogP contribution in [0.4, 0.5) is 0 Å². The Labute approximate surface area is 171 Å². The van der Waals surface area contributed by atoms with Gasteiger partial charge in [-0.05, 0) is 33.1 Å². The molecular weight excluding hydrogens is 364 g/mol. The van der Waals surface area contributed by atoms with E-state index in [9.17, 15) is 9.59 Å². The fourth-order valence-electron chi connectivity index (χ4n) is 3.53. The van der Waals surface area contributed by atoms with Crippen LogP contribution in [0.3, 0.4) is 0 Å². The first kappa shape index (κ1) is 20.6. The van der Waals surface area contributed by atoms with Crippen molar-refractivity contribution in [1.82, 2.24) is 0 Å². The molecule has 0 radical (unpaired) electrons. The molecular formula is C25H26O4. The predicted molar refractivity (Wildman–Crippen MR) is 115 cm³/mol. The van der Waals surface area contributed by atoms with Gasteiger partial charge in [-0.25, -0.2) is 9.59 Å². The summed E-state index contributed by atoms with van der Waals surface area (Å²) in [5.41, 5.74) is 3.73. The lowest BCUT2D eigenvalue weighted by Gasteiger charge is -2.25. The van der Waals surface area contributed by atoms with E-state index in [1.807, 2.05) is 24.3 Å². The average molecular weight is 390 g/mol. The van der Waals surface area contributed by atoms with Gasteiger partial charge in [0.2, 0.25) is 0 Å². The number of carbonyl (C=O) groups is 2. The number of hydrogen-bond acceptors (Lipinski definition) is 4. The second-order valence-corrected chi connectivity index (χ2v) is 7.49. The molecule has 4 heteroatoms. The molecule has 150 valence electrons. The third kappa shape index (κ3) is 4.16. The summed E-state index contributed by atoms with van der Waals surface area (Å²) in [6.07, 6.45) is 5.47. The van der Waals surface area contributed by atoms with Crippen LogP contribution in [0.5, 0.6) is 11.5 Å². The van der Waals surface area contributed by atoms with Crippen LogP contribution in [0.1, 0.15) is 44.7 Å². The molecule has 0 aliphatic heterocycles. The molecule has 1 aliphatic carbocycles. The van der Waals surface area contributed by atoms with E-state index < -0.39 is 11.9 Å². The van der Waals surface area contributed by atoms with Gasteiger partial charge in [0.25, 0.3) is 0 Å². The molecule has 0 unspecified atom stereocenters. The SMILES string of the molecule is C=C(C)C(=O)Oc1c2c(c(OC(=O)C(=C)C)c3ccccc13)CC(CCC)=CC2. The second kappa shape index (κ2) is 8.48. The Kier molecular flexibility index (Phi) is 6.02. The smallest absolute Gasteiger partial charge is 0.338 e. The summed E-state index contributed by atoms with van der Waals surface area (Å²) in [5, 5.41) is 1.47. The van der Waals surface area contributed by atoms with Crippen molar-refractivity contribution in [3.05, 3.63) is 71.3 Å². The number of rotatable bonds is 6. The van der Waals surface area contributed by atoms with Crippen LogP contribution in [-0.2, 0) is 22.4 Å². The molecule has 2 aromatic carbocycles. The Morgan fingerprint density at radius 1 is 0.931 bits per heavy atom. The maximum atomic E-state index is 12.4. The molecule has 0 saturated carbocycles. The molecule has 0 spiro atoms. The van der Waals surface area contributed by atoms with E-state index in [0.717, 1.165) is 34.7 Å². The zero-order valence-electron chi connectivity index (χ0n) is 17.3. The van der Waals surface area contributed by atoms with Crippen LogP contribution in [-0.4, -0.2) is 11.9 Å². The third-order valence-corrected chi connectivity index (χ3v) is 4.99. The van der Waals surface area contributed by atoms with Crippen molar-refractivity contribution in [1.29, 1.82) is 0 Å². The highest BCUT2D eigenvalue weighted by molar-refractivity contribution is 6.01. The fraction of sp³-hybridized carbons (Fsp3) is 0.280. The van der Waals surface area contributed by atoms with Crippen molar-refractivity contribution in [2.24, 2.45) is 0 Å². The lowest BCUT2D eigenvalue weighted by molar-refractivity contribution is -0.131. The van der Waals surface area contributed by atoms with Crippen molar-refractivity contribution in [3.63, 3.8) is 0 Å². The van der Waals surface area contributed by atoms with Gasteiger partial charge in [0.05, 0.1) is 0 Å². The molecule has 0 saturated heterocycles. The summed E-state index contributed by atoms with van der Waals surface area (Å²) in [6, 6.07) is 7.51. The lowest BCUT2D eigenvalue weighted by atomic mass is 9.86. The standard InChI is InChI=1S/C25H26O4/c1-6-9-17-12-13-20-21(14-17)23(29-25(27)16(4)5)19-11-8-7-10-18(19)22(20)28-24(26)15(2)3/h7-8,10-12H,2,4,6,9,13-14H2,1,3,5H3. The van der Waals surface area contributed by atoms with Gasteiger partial charge in [-0.15, -0.1) is 0 Å². The maximum Gasteiger partial charge on any atom is 0.338 e. The van der Waals surface area contributed by atoms with Gasteiger partial charge in [-0.3, -0.25) is 0 Å². The third-order valence-electron chi connectivity index (χ3n) is 4.99. The molecule has 0 fully saturated rings. The normalized spacial score (nSPS) is 12.7. The summed E-state index contributed by atoms with van der Waals surface area (Å²) < 4.78 is 11.6. The highest BCUT2D eigenvalue weighted by Gasteiger charge is 2.27. The molecule has 0 N–H and O–H groups in total. The Bertz CT molecular complexity index is 1060. The molecule has 1 aliphatic rings. The maximum absolute atomic E-state index is 12.4. The van der Waals surface area contributed by atoms with E-state index in [1.54, 1.807) is 13.8 Å². The van der Waals surface area contributed by atoms with Crippen molar-refractivity contribution >= 4 is 22.7 Å². The number of allylic oxidation sites excluding steroid dienone is 2. The van der Waals surface area contributed by atoms with E-state index in [1.165, 1.54) is 5.57 Å². The number of esters is 2. The quantitative estimate of drug-likeness (QED) is 0.278. The minimum absolute atomic E-state index is 0.332. The van der Waals surface area contributed by atoms with Crippen LogP contribution < -0.4 is 9.47 Å². The van der Waals surface area contributed by atoms with Crippen molar-refractivity contribution < 1.29 is 19.1 Å². The van der Waals surface area contributed by atoms with E-state index in [-0.39, 0.29) is 0 Å². The number of benzene rings is 2. The predicted octanol–water partition coefficient (Wildman–Crippen LogP) is 5.63. The zero-order chi connectivity index (χ0) is 21.1. The highest BCUT2D eigenvalue weighted by atomic mass is 16.5. The highest BCUT2D eigenvalue weighted by Crippen LogP contribution is 2.44. The topological polar surface area (TPSA) is 52.6 Å². The summed E-state index contributed by atoms with van der Waals surface area (Å²) in [5.74, 6) is 0.119. The lowest BCUT2D eigenvalue weighted by Crippen LogP contribution is -2.16. The first-order valence-corrected chi connectivity index (χ1v) is 9.83. The van der Waals surface area contributed by atoms with Crippen molar-refractivity contribution in [2.75, 3.05) is 0 Å². The van der Waals surface area contributed by atoms with Crippen LogP contribution in [0, 0.1) is 0 Å². The van der Waals surface area contributed by atoms with Gasteiger partial charge in [-0.1, -0.05) is 62.4 Å². The Morgan fingerprint density at radius 2 is 1.45 bits per heavy atom. The Morgan fingerprint density at radius 3 is 1.93 bits per heavy atom. The molecule has 0 amide bonds. The van der Waals surface area contributed by atoms with Crippen LogP contribution in [0.15, 0.2) is 60.2 Å². The van der Waals surface area contributed by atoms with E-state index >= 15 is 0 Å². The van der Waals surface area contributed by atoms with Crippen molar-refractivity contribution in [3.8, 4) is 11.5 Å². The van der Waals surface area contributed by atoms with E-state index in [4.69, 9.17) is 9.47 Å². The molecule has 0 atom stereocenters. The monoisotopic (exact) mass is 390 g/mol. The largest absolute Gasteiger partial charge is 0.422 e. The molecule has 2 aromatic rings. The van der Waals surface area contributed by atoms with Gasteiger partial charge in [0.15, 0.2) is 0 Å². The summed E-state index contributed by atoms with van der Waals surface area (Å²) >= 11 is 0. The first-order chi connectivity index (χ1) is 13.8. The zero-order valence-corrected chi connectivity index (χ0v) is 17.3. The Hall–Kier alpha value is -3.14. The van der Waals surface area contributed by atoms with E-state index in [0.29, 0.717) is 35.5 Å². The number of ether oxygens (including phenoxy) is 2. The minimum Gasteiger partial charge on any atom is -0.422 e. The molecule has 0 aromatic heterocycles. The van der Waals surface area contributed by atoms with Gasteiger partial charge in [-0.2, -0.15) is 0 Å². The Balaban J connectivity index is 2.26. The van der Waals surface area contributed by atoms with Crippen molar-refractivity contribution in [2.45, 2.75) is 46.5 Å². The number of fused-ring (bicyclic) bond motifs is 2. The molecule has 29 heavy (non-hydrogen) atoms. The molecule has 4 nitrogen and oxygen atoms in total. The molecule has 3 rings (SSSR count). The number of hydrogen-bond donors (Lipinski definition) is 0. The summed E-state index contributed by atoms with van der Waals surface area (Å²) in [4.78, 5) is 24.7. The van der Waals surface area contributed by atoms with Crippen LogP contribution in [0.25, 0.3) is 10.8 Å². The van der Waals surface area contributed by atoms with E-state index in [2.05, 4.69) is 26.2 Å². The average Bonchev–Trinajstić information content (AvgIpc) is 2.70. The second-order valence-electron chi connectivity index (χ2n) is 7.49. The van der Waals surface area contributed by atoms with Gasteiger partial charge in [0.1, 0.15) is 11.5 Å². The fourth-order valence-corrected chi connectivity index (χ4v) is 3.53. The van der Waals surface area contributed by atoms with Crippen LogP contribution >= 0.6 is 0 Å². The molecule has 0 bridgehead atoms. The summed E-state index contributed by atoms with van der Waals surface area (Å²) in [6.45, 7) is 12.8.